The summed E-state index contributed by atoms with van der Waals surface area (Å²) in [4.78, 5) is 0. The number of benzene rings is 1. The van der Waals surface area contributed by atoms with Crippen LogP contribution in [0.3, 0.4) is 0 Å². The second-order valence-electron chi connectivity index (χ2n) is 5.57. The Balaban J connectivity index is 1.75. The van der Waals surface area contributed by atoms with E-state index in [9.17, 15) is 0 Å². The normalized spacial score (nSPS) is 23.9. The number of halogens is 1. The first-order chi connectivity index (χ1) is 8.65. The lowest BCUT2D eigenvalue weighted by Gasteiger charge is -2.26. The van der Waals surface area contributed by atoms with Crippen molar-refractivity contribution in [2.75, 3.05) is 17.6 Å². The number of rotatable bonds is 4. The van der Waals surface area contributed by atoms with Crippen molar-refractivity contribution in [3.8, 4) is 0 Å². The van der Waals surface area contributed by atoms with Gasteiger partial charge in [0.15, 0.2) is 0 Å². The van der Waals surface area contributed by atoms with Crippen LogP contribution in [0.15, 0.2) is 18.2 Å². The molecule has 1 saturated carbocycles. The van der Waals surface area contributed by atoms with Crippen LogP contribution in [0.2, 0.25) is 5.02 Å². The molecule has 1 aromatic rings. The molecule has 18 heavy (non-hydrogen) atoms. The molecule has 3 N–H and O–H groups in total. The van der Waals surface area contributed by atoms with Gasteiger partial charge in [0.25, 0.3) is 0 Å². The molecule has 1 aliphatic rings. The monoisotopic (exact) mass is 266 g/mol. The van der Waals surface area contributed by atoms with Crippen molar-refractivity contribution in [3.05, 3.63) is 23.2 Å². The molecule has 0 unspecified atom stereocenters. The summed E-state index contributed by atoms with van der Waals surface area (Å²) in [6, 6.07) is 5.63. The molecule has 1 aromatic carbocycles. The van der Waals surface area contributed by atoms with E-state index in [1.807, 2.05) is 12.1 Å². The summed E-state index contributed by atoms with van der Waals surface area (Å²) in [6.45, 7) is 3.37. The third kappa shape index (κ3) is 3.81. The topological polar surface area (TPSA) is 38.0 Å². The molecule has 1 fully saturated rings. The molecule has 0 spiro atoms. The number of nitrogens with two attached hydrogens (primary N) is 1. The lowest BCUT2D eigenvalue weighted by atomic mass is 9.81. The standard InChI is InChI=1S/C15H23ClN2/c1-11-2-4-12(5-3-11)8-9-18-15-7-6-13(16)10-14(15)17/h6-7,10-12,18H,2-5,8-9,17H2,1H3. The van der Waals surface area contributed by atoms with Crippen LogP contribution in [0.5, 0.6) is 0 Å². The number of nitrogen functional groups attached to an aromatic ring is 1. The molecule has 0 heterocycles. The Morgan fingerprint density at radius 2 is 2.00 bits per heavy atom. The largest absolute Gasteiger partial charge is 0.397 e. The Hall–Kier alpha value is -0.890. The summed E-state index contributed by atoms with van der Waals surface area (Å²) >= 11 is 5.88. The average molecular weight is 267 g/mol. The Kier molecular flexibility index (Phi) is 4.76. The molecule has 100 valence electrons. The Morgan fingerprint density at radius 3 is 2.67 bits per heavy atom. The van der Waals surface area contributed by atoms with Crippen molar-refractivity contribution in [1.82, 2.24) is 0 Å². The first-order valence-electron chi connectivity index (χ1n) is 6.94. The molecule has 2 nitrogen and oxygen atoms in total. The summed E-state index contributed by atoms with van der Waals surface area (Å²) in [7, 11) is 0. The predicted molar refractivity (Wildman–Crippen MR) is 80.1 cm³/mol. The van der Waals surface area contributed by atoms with Gasteiger partial charge in [-0.05, 0) is 36.5 Å². The summed E-state index contributed by atoms with van der Waals surface area (Å²) in [5, 5.41) is 4.11. The molecule has 0 amide bonds. The van der Waals surface area contributed by atoms with Crippen molar-refractivity contribution in [2.45, 2.75) is 39.0 Å². The van der Waals surface area contributed by atoms with Crippen molar-refractivity contribution in [3.63, 3.8) is 0 Å². The van der Waals surface area contributed by atoms with E-state index in [1.165, 1.54) is 32.1 Å². The second-order valence-corrected chi connectivity index (χ2v) is 6.01. The molecule has 2 rings (SSSR count). The van der Waals surface area contributed by atoms with Gasteiger partial charge in [-0.25, -0.2) is 0 Å². The zero-order chi connectivity index (χ0) is 13.0. The van der Waals surface area contributed by atoms with Crippen LogP contribution in [-0.2, 0) is 0 Å². The zero-order valence-electron chi connectivity index (χ0n) is 11.1. The van der Waals surface area contributed by atoms with Crippen LogP contribution in [0, 0.1) is 11.8 Å². The summed E-state index contributed by atoms with van der Waals surface area (Å²) < 4.78 is 0. The molecule has 0 radical (unpaired) electrons. The van der Waals surface area contributed by atoms with E-state index in [-0.39, 0.29) is 0 Å². The number of anilines is 2. The molecule has 1 aliphatic carbocycles. The van der Waals surface area contributed by atoms with Crippen LogP contribution in [0.25, 0.3) is 0 Å². The van der Waals surface area contributed by atoms with Gasteiger partial charge in [0.05, 0.1) is 11.4 Å². The Bertz CT molecular complexity index is 384. The first-order valence-corrected chi connectivity index (χ1v) is 7.32. The van der Waals surface area contributed by atoms with E-state index in [0.717, 1.165) is 29.8 Å². The molecular formula is C15H23ClN2. The smallest absolute Gasteiger partial charge is 0.0574 e. The van der Waals surface area contributed by atoms with Crippen LogP contribution in [0.1, 0.15) is 39.0 Å². The van der Waals surface area contributed by atoms with Crippen molar-refractivity contribution >= 4 is 23.0 Å². The lowest BCUT2D eigenvalue weighted by Crippen LogP contribution is -2.16. The van der Waals surface area contributed by atoms with E-state index in [0.29, 0.717) is 5.02 Å². The highest BCUT2D eigenvalue weighted by Gasteiger charge is 2.17. The van der Waals surface area contributed by atoms with Gasteiger partial charge >= 0.3 is 0 Å². The van der Waals surface area contributed by atoms with Crippen molar-refractivity contribution in [2.24, 2.45) is 11.8 Å². The van der Waals surface area contributed by atoms with Gasteiger partial charge in [0.1, 0.15) is 0 Å². The zero-order valence-corrected chi connectivity index (χ0v) is 11.8. The first kappa shape index (κ1) is 13.5. The maximum atomic E-state index is 5.91. The van der Waals surface area contributed by atoms with Crippen molar-refractivity contribution in [1.29, 1.82) is 0 Å². The maximum Gasteiger partial charge on any atom is 0.0574 e. The van der Waals surface area contributed by atoms with Crippen LogP contribution >= 0.6 is 11.6 Å². The highest BCUT2D eigenvalue weighted by atomic mass is 35.5. The van der Waals surface area contributed by atoms with Crippen LogP contribution in [-0.4, -0.2) is 6.54 Å². The highest BCUT2D eigenvalue weighted by molar-refractivity contribution is 6.31. The molecule has 0 atom stereocenters. The van der Waals surface area contributed by atoms with Gasteiger partial charge in [-0.15, -0.1) is 0 Å². The fraction of sp³-hybridized carbons (Fsp3) is 0.600. The highest BCUT2D eigenvalue weighted by Crippen LogP contribution is 2.30. The maximum absolute atomic E-state index is 5.91. The van der Waals surface area contributed by atoms with Gasteiger partial charge in [-0.1, -0.05) is 44.2 Å². The number of hydrogen-bond donors (Lipinski definition) is 2. The van der Waals surface area contributed by atoms with Gasteiger partial charge < -0.3 is 11.1 Å². The quantitative estimate of drug-likeness (QED) is 0.785. The third-order valence-electron chi connectivity index (χ3n) is 4.02. The summed E-state index contributed by atoms with van der Waals surface area (Å²) in [5.41, 5.74) is 7.65. The number of hydrogen-bond acceptors (Lipinski definition) is 2. The summed E-state index contributed by atoms with van der Waals surface area (Å²) in [5.74, 6) is 1.82. The molecule has 0 saturated heterocycles. The minimum absolute atomic E-state index is 0.694. The van der Waals surface area contributed by atoms with Crippen LogP contribution in [0.4, 0.5) is 11.4 Å². The Labute approximate surface area is 115 Å². The third-order valence-corrected chi connectivity index (χ3v) is 4.25. The van der Waals surface area contributed by atoms with Gasteiger partial charge in [0, 0.05) is 11.6 Å². The fourth-order valence-electron chi connectivity index (χ4n) is 2.72. The van der Waals surface area contributed by atoms with Gasteiger partial charge in [-0.3, -0.25) is 0 Å². The average Bonchev–Trinajstić information content (AvgIpc) is 2.34. The molecule has 0 bridgehead atoms. The van der Waals surface area contributed by atoms with Crippen molar-refractivity contribution < 1.29 is 0 Å². The SMILES string of the molecule is CC1CCC(CCNc2ccc(Cl)cc2N)CC1. The molecule has 3 heteroatoms. The molecule has 0 aliphatic heterocycles. The van der Waals surface area contributed by atoms with E-state index in [2.05, 4.69) is 12.2 Å². The van der Waals surface area contributed by atoms with Gasteiger partial charge in [-0.2, -0.15) is 0 Å². The summed E-state index contributed by atoms with van der Waals surface area (Å²) in [6.07, 6.45) is 6.81. The van der Waals surface area contributed by atoms with E-state index < -0.39 is 0 Å². The minimum Gasteiger partial charge on any atom is -0.397 e. The predicted octanol–water partition coefficient (Wildman–Crippen LogP) is 4.55. The fourth-order valence-corrected chi connectivity index (χ4v) is 2.90. The van der Waals surface area contributed by atoms with E-state index in [4.69, 9.17) is 17.3 Å². The van der Waals surface area contributed by atoms with Gasteiger partial charge in [0.2, 0.25) is 0 Å². The number of nitrogens with one attached hydrogen (secondary N) is 1. The lowest BCUT2D eigenvalue weighted by molar-refractivity contribution is 0.282. The molecular weight excluding hydrogens is 244 g/mol. The second kappa shape index (κ2) is 6.33. The van der Waals surface area contributed by atoms with Crippen LogP contribution < -0.4 is 11.1 Å². The molecule has 0 aromatic heterocycles. The van der Waals surface area contributed by atoms with E-state index >= 15 is 0 Å². The Morgan fingerprint density at radius 1 is 1.28 bits per heavy atom. The minimum atomic E-state index is 0.694. The van der Waals surface area contributed by atoms with E-state index in [1.54, 1.807) is 6.07 Å².